The molecular formula is C18H21NO5S. The van der Waals surface area contributed by atoms with Gasteiger partial charge in [0.2, 0.25) is 10.0 Å². The molecule has 0 bridgehead atoms. The van der Waals surface area contributed by atoms with Gasteiger partial charge in [-0.05, 0) is 62.2 Å². The van der Waals surface area contributed by atoms with Crippen molar-refractivity contribution in [3.8, 4) is 16.9 Å². The molecule has 0 amide bonds. The molecule has 7 heteroatoms. The zero-order valence-corrected chi connectivity index (χ0v) is 15.3. The maximum atomic E-state index is 12.3. The topological polar surface area (TPSA) is 92.7 Å². The Morgan fingerprint density at radius 1 is 1.04 bits per heavy atom. The first-order valence-electron chi connectivity index (χ1n) is 7.59. The number of carboxylic acids is 1. The number of aromatic carboxylic acids is 1. The van der Waals surface area contributed by atoms with Crippen molar-refractivity contribution in [1.82, 2.24) is 4.72 Å². The van der Waals surface area contributed by atoms with E-state index in [0.717, 1.165) is 0 Å². The van der Waals surface area contributed by atoms with Crippen molar-refractivity contribution < 1.29 is 23.1 Å². The molecule has 0 fully saturated rings. The first-order valence-corrected chi connectivity index (χ1v) is 9.07. The molecule has 25 heavy (non-hydrogen) atoms. The zero-order valence-electron chi connectivity index (χ0n) is 14.5. The van der Waals surface area contributed by atoms with Crippen LogP contribution in [-0.2, 0) is 10.0 Å². The van der Waals surface area contributed by atoms with Crippen LogP contribution in [0, 0.1) is 0 Å². The van der Waals surface area contributed by atoms with Crippen molar-refractivity contribution in [1.29, 1.82) is 0 Å². The van der Waals surface area contributed by atoms with E-state index < -0.39 is 21.5 Å². The Morgan fingerprint density at radius 3 is 2.12 bits per heavy atom. The number of hydrogen-bond acceptors (Lipinski definition) is 4. The minimum absolute atomic E-state index is 0.0976. The quantitative estimate of drug-likeness (QED) is 0.851. The summed E-state index contributed by atoms with van der Waals surface area (Å²) in [5.74, 6) is -0.644. The van der Waals surface area contributed by atoms with Gasteiger partial charge in [-0.3, -0.25) is 0 Å². The van der Waals surface area contributed by atoms with E-state index in [0.29, 0.717) is 16.9 Å². The SMILES string of the molecule is COc1cc(C(=O)O)cc(-c2ccc(S(=O)(=O)NC(C)(C)C)cc2)c1. The van der Waals surface area contributed by atoms with Gasteiger partial charge in [0.05, 0.1) is 17.6 Å². The van der Waals surface area contributed by atoms with Crippen LogP contribution in [0.1, 0.15) is 31.1 Å². The lowest BCUT2D eigenvalue weighted by atomic mass is 10.0. The summed E-state index contributed by atoms with van der Waals surface area (Å²) in [5.41, 5.74) is 0.835. The molecule has 0 aromatic heterocycles. The predicted molar refractivity (Wildman–Crippen MR) is 95.5 cm³/mol. The van der Waals surface area contributed by atoms with E-state index in [1.807, 2.05) is 0 Å². The van der Waals surface area contributed by atoms with Gasteiger partial charge in [-0.2, -0.15) is 0 Å². The Morgan fingerprint density at radius 2 is 1.64 bits per heavy atom. The average molecular weight is 363 g/mol. The van der Waals surface area contributed by atoms with Crippen molar-refractivity contribution in [2.75, 3.05) is 7.11 Å². The molecule has 2 aromatic carbocycles. The van der Waals surface area contributed by atoms with Crippen molar-refractivity contribution in [3.63, 3.8) is 0 Å². The number of sulfonamides is 1. The average Bonchev–Trinajstić information content (AvgIpc) is 2.52. The number of carbonyl (C=O) groups is 1. The van der Waals surface area contributed by atoms with Gasteiger partial charge in [-0.15, -0.1) is 0 Å². The normalized spacial score (nSPS) is 12.0. The number of carboxylic acid groups (broad SMARTS) is 1. The molecule has 0 aliphatic heterocycles. The van der Waals surface area contributed by atoms with Gasteiger partial charge < -0.3 is 9.84 Å². The van der Waals surface area contributed by atoms with Crippen LogP contribution >= 0.6 is 0 Å². The molecule has 0 saturated heterocycles. The van der Waals surface area contributed by atoms with Gasteiger partial charge in [0, 0.05) is 5.54 Å². The van der Waals surface area contributed by atoms with E-state index in [-0.39, 0.29) is 10.5 Å². The Kier molecular flexibility index (Phi) is 5.20. The summed E-state index contributed by atoms with van der Waals surface area (Å²) < 4.78 is 32.4. The summed E-state index contributed by atoms with van der Waals surface area (Å²) in [7, 11) is -2.16. The second-order valence-corrected chi connectivity index (χ2v) is 8.32. The second kappa shape index (κ2) is 6.85. The highest BCUT2D eigenvalue weighted by molar-refractivity contribution is 7.89. The highest BCUT2D eigenvalue weighted by atomic mass is 32.2. The number of ether oxygens (including phenoxy) is 1. The smallest absolute Gasteiger partial charge is 0.335 e. The van der Waals surface area contributed by atoms with Crippen LogP contribution in [0.25, 0.3) is 11.1 Å². The number of methoxy groups -OCH3 is 1. The molecule has 0 atom stereocenters. The number of hydrogen-bond donors (Lipinski definition) is 2. The molecule has 0 aliphatic carbocycles. The van der Waals surface area contributed by atoms with Gasteiger partial charge >= 0.3 is 5.97 Å². The molecule has 0 radical (unpaired) electrons. The summed E-state index contributed by atoms with van der Waals surface area (Å²) in [6.45, 7) is 5.30. The molecule has 0 heterocycles. The lowest BCUT2D eigenvalue weighted by Gasteiger charge is -2.20. The van der Waals surface area contributed by atoms with E-state index in [4.69, 9.17) is 4.74 Å². The first kappa shape index (κ1) is 19.0. The van der Waals surface area contributed by atoms with E-state index in [2.05, 4.69) is 4.72 Å². The van der Waals surface area contributed by atoms with E-state index in [1.165, 1.54) is 31.4 Å². The molecule has 0 saturated carbocycles. The van der Waals surface area contributed by atoms with Gasteiger partial charge in [-0.25, -0.2) is 17.9 Å². The molecule has 2 N–H and O–H groups in total. The van der Waals surface area contributed by atoms with Gasteiger partial charge in [0.1, 0.15) is 5.75 Å². The standard InChI is InChI=1S/C18H21NO5S/c1-18(2,3)19-25(22,23)16-7-5-12(6-8-16)13-9-14(17(20)21)11-15(10-13)24-4/h5-11,19H,1-4H3,(H,20,21). The summed E-state index contributed by atoms with van der Waals surface area (Å²) in [6, 6.07) is 10.9. The molecule has 0 aliphatic rings. The Labute approximate surface area is 147 Å². The lowest BCUT2D eigenvalue weighted by Crippen LogP contribution is -2.40. The number of rotatable bonds is 5. The van der Waals surface area contributed by atoms with Crippen LogP contribution in [0.4, 0.5) is 0 Å². The predicted octanol–water partition coefficient (Wildman–Crippen LogP) is 3.14. The van der Waals surface area contributed by atoms with Crippen LogP contribution in [0.2, 0.25) is 0 Å². The maximum Gasteiger partial charge on any atom is 0.335 e. The third-order valence-electron chi connectivity index (χ3n) is 3.33. The first-order chi connectivity index (χ1) is 11.5. The fourth-order valence-corrected chi connectivity index (χ4v) is 3.71. The molecule has 134 valence electrons. The van der Waals surface area contributed by atoms with E-state index in [1.54, 1.807) is 39.0 Å². The third kappa shape index (κ3) is 4.80. The largest absolute Gasteiger partial charge is 0.497 e. The van der Waals surface area contributed by atoms with Crippen LogP contribution < -0.4 is 9.46 Å². The summed E-state index contributed by atoms with van der Waals surface area (Å²) >= 11 is 0. The van der Waals surface area contributed by atoms with E-state index in [9.17, 15) is 18.3 Å². The third-order valence-corrected chi connectivity index (χ3v) is 5.10. The van der Waals surface area contributed by atoms with Crippen molar-refractivity contribution in [3.05, 3.63) is 48.0 Å². The molecular weight excluding hydrogens is 342 g/mol. The lowest BCUT2D eigenvalue weighted by molar-refractivity contribution is 0.0696. The van der Waals surface area contributed by atoms with Gasteiger partial charge in [-0.1, -0.05) is 12.1 Å². The highest BCUT2D eigenvalue weighted by Crippen LogP contribution is 2.27. The fraction of sp³-hybridized carbons (Fsp3) is 0.278. The fourth-order valence-electron chi connectivity index (χ4n) is 2.30. The summed E-state index contributed by atoms with van der Waals surface area (Å²) in [5, 5.41) is 9.19. The number of nitrogens with one attached hydrogen (secondary N) is 1. The zero-order chi connectivity index (χ0) is 18.8. The molecule has 6 nitrogen and oxygen atoms in total. The van der Waals surface area contributed by atoms with Crippen LogP contribution in [-0.4, -0.2) is 32.1 Å². The Hall–Kier alpha value is -2.38. The van der Waals surface area contributed by atoms with Crippen molar-refractivity contribution in [2.24, 2.45) is 0 Å². The highest BCUT2D eigenvalue weighted by Gasteiger charge is 2.21. The summed E-state index contributed by atoms with van der Waals surface area (Å²) in [6.07, 6.45) is 0. The summed E-state index contributed by atoms with van der Waals surface area (Å²) in [4.78, 5) is 11.4. The van der Waals surface area contributed by atoms with Crippen LogP contribution in [0.5, 0.6) is 5.75 Å². The minimum atomic E-state index is -3.62. The van der Waals surface area contributed by atoms with Crippen LogP contribution in [0.3, 0.4) is 0 Å². The van der Waals surface area contributed by atoms with Gasteiger partial charge in [0.25, 0.3) is 0 Å². The Balaban J connectivity index is 2.41. The Bertz CT molecular complexity index is 881. The molecule has 0 unspecified atom stereocenters. The van der Waals surface area contributed by atoms with E-state index >= 15 is 0 Å². The van der Waals surface area contributed by atoms with Crippen molar-refractivity contribution in [2.45, 2.75) is 31.2 Å². The molecule has 2 rings (SSSR count). The minimum Gasteiger partial charge on any atom is -0.497 e. The maximum absolute atomic E-state index is 12.3. The monoisotopic (exact) mass is 363 g/mol. The second-order valence-electron chi connectivity index (χ2n) is 6.64. The van der Waals surface area contributed by atoms with Crippen LogP contribution in [0.15, 0.2) is 47.4 Å². The van der Waals surface area contributed by atoms with Gasteiger partial charge in [0.15, 0.2) is 0 Å². The molecule has 2 aromatic rings. The molecule has 0 spiro atoms. The van der Waals surface area contributed by atoms with Crippen molar-refractivity contribution >= 4 is 16.0 Å². The number of benzene rings is 2.